The van der Waals surface area contributed by atoms with Crippen molar-refractivity contribution in [1.82, 2.24) is 19.7 Å². The predicted molar refractivity (Wildman–Crippen MR) is 53.1 cm³/mol. The summed E-state index contributed by atoms with van der Waals surface area (Å²) in [6.07, 6.45) is 3.29. The number of nitrogens with one attached hydrogen (secondary N) is 1. The Bertz CT molecular complexity index is 511. The molecule has 2 aromatic heterocycles. The van der Waals surface area contributed by atoms with Crippen molar-refractivity contribution in [2.75, 3.05) is 0 Å². The average Bonchev–Trinajstić information content (AvgIpc) is 2.49. The summed E-state index contributed by atoms with van der Waals surface area (Å²) in [5, 5.41) is 4.54. The minimum Gasteiger partial charge on any atom is -0.310 e. The van der Waals surface area contributed by atoms with Crippen LogP contribution in [0.1, 0.15) is 19.2 Å². The molecule has 14 heavy (non-hydrogen) atoms. The van der Waals surface area contributed by atoms with Crippen LogP contribution in [0.2, 0.25) is 0 Å². The number of rotatable bonds is 2. The number of nitrogens with zero attached hydrogens (tertiary/aromatic N) is 3. The van der Waals surface area contributed by atoms with Crippen LogP contribution in [0.4, 0.5) is 0 Å². The Labute approximate surface area is 80.8 Å². The van der Waals surface area contributed by atoms with E-state index in [-0.39, 0.29) is 5.56 Å². The highest BCUT2D eigenvalue weighted by molar-refractivity contribution is 5.72. The van der Waals surface area contributed by atoms with E-state index in [9.17, 15) is 4.79 Å². The number of H-pyrrole nitrogens is 1. The van der Waals surface area contributed by atoms with Crippen molar-refractivity contribution in [3.63, 3.8) is 0 Å². The van der Waals surface area contributed by atoms with Crippen molar-refractivity contribution >= 4 is 11.0 Å². The lowest BCUT2D eigenvalue weighted by molar-refractivity contribution is 0.771. The van der Waals surface area contributed by atoms with Gasteiger partial charge in [-0.1, -0.05) is 6.92 Å². The molecule has 5 nitrogen and oxygen atoms in total. The molecule has 2 aromatic rings. The SMILES string of the molecule is CCCc1nc2c(cnn2C)c(=O)[nH]1. The summed E-state index contributed by atoms with van der Waals surface area (Å²) in [6.45, 7) is 2.05. The largest absolute Gasteiger partial charge is 0.310 e. The molecule has 2 heterocycles. The van der Waals surface area contributed by atoms with Crippen molar-refractivity contribution in [3.05, 3.63) is 22.4 Å². The minimum atomic E-state index is -0.105. The highest BCUT2D eigenvalue weighted by atomic mass is 16.1. The molecular formula is C9H12N4O. The molecule has 2 rings (SSSR count). The molecule has 0 bridgehead atoms. The smallest absolute Gasteiger partial charge is 0.262 e. The summed E-state index contributed by atoms with van der Waals surface area (Å²) >= 11 is 0. The molecule has 0 spiro atoms. The third-order valence-electron chi connectivity index (χ3n) is 2.14. The van der Waals surface area contributed by atoms with Crippen LogP contribution in [-0.2, 0) is 13.5 Å². The Hall–Kier alpha value is -1.65. The first-order valence-electron chi connectivity index (χ1n) is 4.63. The maximum absolute atomic E-state index is 11.5. The van der Waals surface area contributed by atoms with E-state index in [1.807, 2.05) is 6.92 Å². The zero-order valence-electron chi connectivity index (χ0n) is 8.24. The maximum atomic E-state index is 11.5. The van der Waals surface area contributed by atoms with Gasteiger partial charge in [0.05, 0.1) is 6.20 Å². The van der Waals surface area contributed by atoms with Crippen molar-refractivity contribution < 1.29 is 0 Å². The van der Waals surface area contributed by atoms with Crippen LogP contribution < -0.4 is 5.56 Å². The first kappa shape index (κ1) is 8.93. The topological polar surface area (TPSA) is 63.6 Å². The van der Waals surface area contributed by atoms with Gasteiger partial charge in [0.2, 0.25) is 0 Å². The molecule has 0 aromatic carbocycles. The predicted octanol–water partition coefficient (Wildman–Crippen LogP) is 0.609. The van der Waals surface area contributed by atoms with Crippen molar-refractivity contribution in [3.8, 4) is 0 Å². The molecule has 0 aliphatic heterocycles. The third-order valence-corrected chi connectivity index (χ3v) is 2.14. The summed E-state index contributed by atoms with van der Waals surface area (Å²) in [5.41, 5.74) is 0.545. The van der Waals surface area contributed by atoms with Crippen LogP contribution in [0.25, 0.3) is 11.0 Å². The van der Waals surface area contributed by atoms with E-state index in [2.05, 4.69) is 15.1 Å². The summed E-state index contributed by atoms with van der Waals surface area (Å²) < 4.78 is 1.61. The molecule has 0 radical (unpaired) electrons. The van der Waals surface area contributed by atoms with Crippen LogP contribution in [0.5, 0.6) is 0 Å². The third kappa shape index (κ3) is 1.30. The fourth-order valence-electron chi connectivity index (χ4n) is 1.43. The van der Waals surface area contributed by atoms with Gasteiger partial charge in [0.15, 0.2) is 5.65 Å². The van der Waals surface area contributed by atoms with E-state index in [0.29, 0.717) is 11.0 Å². The molecule has 0 unspecified atom stereocenters. The molecule has 5 heteroatoms. The lowest BCUT2D eigenvalue weighted by Crippen LogP contribution is -2.11. The van der Waals surface area contributed by atoms with Gasteiger partial charge in [0.1, 0.15) is 11.2 Å². The zero-order valence-corrected chi connectivity index (χ0v) is 8.24. The second-order valence-electron chi connectivity index (χ2n) is 3.27. The van der Waals surface area contributed by atoms with Crippen LogP contribution in [-0.4, -0.2) is 19.7 Å². The standard InChI is InChI=1S/C9H12N4O/c1-3-4-7-11-8-6(9(14)12-7)5-10-13(8)2/h5H,3-4H2,1-2H3,(H,11,12,14). The highest BCUT2D eigenvalue weighted by Gasteiger charge is 2.06. The van der Waals surface area contributed by atoms with Gasteiger partial charge in [-0.3, -0.25) is 9.48 Å². The second kappa shape index (κ2) is 3.25. The van der Waals surface area contributed by atoms with Gasteiger partial charge >= 0.3 is 0 Å². The van der Waals surface area contributed by atoms with Gasteiger partial charge in [0, 0.05) is 13.5 Å². The molecule has 0 saturated carbocycles. The quantitative estimate of drug-likeness (QED) is 0.758. The average molecular weight is 192 g/mol. The van der Waals surface area contributed by atoms with E-state index in [4.69, 9.17) is 0 Å². The normalized spacial score (nSPS) is 11.0. The minimum absolute atomic E-state index is 0.105. The van der Waals surface area contributed by atoms with Gasteiger partial charge in [-0.15, -0.1) is 0 Å². The first-order chi connectivity index (χ1) is 6.72. The number of hydrogen-bond acceptors (Lipinski definition) is 3. The van der Waals surface area contributed by atoms with Gasteiger partial charge in [-0.05, 0) is 6.42 Å². The van der Waals surface area contributed by atoms with Crippen molar-refractivity contribution in [2.45, 2.75) is 19.8 Å². The zero-order chi connectivity index (χ0) is 10.1. The molecule has 0 atom stereocenters. The van der Waals surface area contributed by atoms with E-state index >= 15 is 0 Å². The summed E-state index contributed by atoms with van der Waals surface area (Å²) in [5.74, 6) is 0.730. The summed E-state index contributed by atoms with van der Waals surface area (Å²) in [7, 11) is 1.78. The molecular weight excluding hydrogens is 180 g/mol. The molecule has 0 fully saturated rings. The van der Waals surface area contributed by atoms with E-state index in [1.165, 1.54) is 6.20 Å². The highest BCUT2D eigenvalue weighted by Crippen LogP contribution is 2.04. The van der Waals surface area contributed by atoms with Crippen LogP contribution >= 0.6 is 0 Å². The molecule has 0 amide bonds. The maximum Gasteiger partial charge on any atom is 0.262 e. The Morgan fingerprint density at radius 3 is 3.07 bits per heavy atom. The summed E-state index contributed by atoms with van der Waals surface area (Å²) in [4.78, 5) is 18.6. The number of aromatic amines is 1. The molecule has 1 N–H and O–H groups in total. The van der Waals surface area contributed by atoms with Crippen molar-refractivity contribution in [1.29, 1.82) is 0 Å². The van der Waals surface area contributed by atoms with Gasteiger partial charge in [0.25, 0.3) is 5.56 Å². The van der Waals surface area contributed by atoms with Crippen LogP contribution in [0.3, 0.4) is 0 Å². The lowest BCUT2D eigenvalue weighted by atomic mass is 10.3. The van der Waals surface area contributed by atoms with Gasteiger partial charge in [-0.25, -0.2) is 4.98 Å². The van der Waals surface area contributed by atoms with Crippen LogP contribution in [0, 0.1) is 0 Å². The molecule has 0 aliphatic rings. The Morgan fingerprint density at radius 1 is 1.57 bits per heavy atom. The fraction of sp³-hybridized carbons (Fsp3) is 0.444. The second-order valence-corrected chi connectivity index (χ2v) is 3.27. The van der Waals surface area contributed by atoms with E-state index in [0.717, 1.165) is 18.7 Å². The van der Waals surface area contributed by atoms with Crippen LogP contribution in [0.15, 0.2) is 11.0 Å². The fourth-order valence-corrected chi connectivity index (χ4v) is 1.43. The Kier molecular flexibility index (Phi) is 2.07. The number of aromatic nitrogens is 4. The lowest BCUT2D eigenvalue weighted by Gasteiger charge is -1.98. The van der Waals surface area contributed by atoms with E-state index in [1.54, 1.807) is 11.7 Å². The monoisotopic (exact) mass is 192 g/mol. The number of fused-ring (bicyclic) bond motifs is 1. The Balaban J connectivity index is 2.69. The number of aryl methyl sites for hydroxylation is 2. The van der Waals surface area contributed by atoms with Crippen molar-refractivity contribution in [2.24, 2.45) is 7.05 Å². The first-order valence-corrected chi connectivity index (χ1v) is 4.63. The summed E-state index contributed by atoms with van der Waals surface area (Å²) in [6, 6.07) is 0. The Morgan fingerprint density at radius 2 is 2.36 bits per heavy atom. The van der Waals surface area contributed by atoms with Gasteiger partial charge < -0.3 is 4.98 Å². The molecule has 0 aliphatic carbocycles. The molecule has 0 saturated heterocycles. The van der Waals surface area contributed by atoms with Gasteiger partial charge in [-0.2, -0.15) is 5.10 Å². The van der Waals surface area contributed by atoms with E-state index < -0.39 is 0 Å². The molecule has 74 valence electrons. The number of hydrogen-bond donors (Lipinski definition) is 1.